The van der Waals surface area contributed by atoms with Crippen LogP contribution in [0.15, 0.2) is 0 Å². The fourth-order valence-corrected chi connectivity index (χ4v) is 2.78. The first kappa shape index (κ1) is 18.4. The van der Waals surface area contributed by atoms with Crippen molar-refractivity contribution in [1.82, 2.24) is 15.1 Å². The molecule has 1 aliphatic rings. The van der Waals surface area contributed by atoms with Gasteiger partial charge in [0.05, 0.1) is 0 Å². The fourth-order valence-electron chi connectivity index (χ4n) is 2.19. The lowest BCUT2D eigenvalue weighted by atomic mass is 10.2. The number of rotatable bonds is 5. The van der Waals surface area contributed by atoms with Crippen LogP contribution in [0.5, 0.6) is 0 Å². The Kier molecular flexibility index (Phi) is 7.12. The summed E-state index contributed by atoms with van der Waals surface area (Å²) in [6.45, 7) is 4.29. The second-order valence-corrected chi connectivity index (χ2v) is 6.36. The van der Waals surface area contributed by atoms with E-state index >= 15 is 0 Å². The minimum absolute atomic E-state index is 0.0806. The van der Waals surface area contributed by atoms with Crippen molar-refractivity contribution in [1.29, 1.82) is 0 Å². The van der Waals surface area contributed by atoms with E-state index in [-0.39, 0.29) is 25.2 Å². The molecule has 0 aromatic carbocycles. The summed E-state index contributed by atoms with van der Waals surface area (Å²) in [6, 6.07) is -1.55. The molecule has 1 saturated heterocycles. The van der Waals surface area contributed by atoms with Crippen molar-refractivity contribution in [2.75, 3.05) is 38.2 Å². The van der Waals surface area contributed by atoms with Crippen LogP contribution < -0.4 is 5.32 Å². The maximum absolute atomic E-state index is 12.6. The van der Waals surface area contributed by atoms with Crippen LogP contribution in [0.4, 0.5) is 18.0 Å². The van der Waals surface area contributed by atoms with Crippen LogP contribution >= 0.6 is 11.8 Å². The van der Waals surface area contributed by atoms with Gasteiger partial charge in [-0.2, -0.15) is 24.9 Å². The zero-order chi connectivity index (χ0) is 16.0. The second-order valence-electron chi connectivity index (χ2n) is 5.37. The summed E-state index contributed by atoms with van der Waals surface area (Å²) in [5.41, 5.74) is 0. The number of piperazine rings is 1. The Morgan fingerprint density at radius 2 is 1.81 bits per heavy atom. The molecular weight excluding hydrogens is 303 g/mol. The van der Waals surface area contributed by atoms with Crippen LogP contribution in [0.2, 0.25) is 0 Å². The molecule has 1 aliphatic heterocycles. The Labute approximate surface area is 128 Å². The topological polar surface area (TPSA) is 35.6 Å². The standard InChI is InChI=1S/C13H24F3N3OS/c1-10(4-9-21-3)17-12(20)19-7-5-18(6-8-19)11(2)13(14,15)16/h10-11H,4-9H2,1-3H3,(H,17,20)/t10-,11+/m1/s1. The van der Waals surface area contributed by atoms with Gasteiger partial charge < -0.3 is 10.2 Å². The lowest BCUT2D eigenvalue weighted by molar-refractivity contribution is -0.181. The van der Waals surface area contributed by atoms with E-state index in [9.17, 15) is 18.0 Å². The minimum Gasteiger partial charge on any atom is -0.336 e. The molecule has 1 heterocycles. The summed E-state index contributed by atoms with van der Waals surface area (Å²) in [6.07, 6.45) is -1.32. The first-order valence-electron chi connectivity index (χ1n) is 7.11. The van der Waals surface area contributed by atoms with Gasteiger partial charge in [0.15, 0.2) is 0 Å². The van der Waals surface area contributed by atoms with Crippen molar-refractivity contribution in [2.45, 2.75) is 38.5 Å². The number of amides is 2. The molecule has 0 bridgehead atoms. The molecule has 0 aromatic rings. The zero-order valence-corrected chi connectivity index (χ0v) is 13.6. The highest BCUT2D eigenvalue weighted by atomic mass is 32.2. The van der Waals surface area contributed by atoms with Crippen molar-refractivity contribution in [3.05, 3.63) is 0 Å². The lowest BCUT2D eigenvalue weighted by Gasteiger charge is -2.38. The first-order valence-corrected chi connectivity index (χ1v) is 8.50. The van der Waals surface area contributed by atoms with E-state index in [1.807, 2.05) is 13.2 Å². The van der Waals surface area contributed by atoms with Gasteiger partial charge in [0.25, 0.3) is 0 Å². The molecule has 8 heteroatoms. The second kappa shape index (κ2) is 8.12. The summed E-state index contributed by atoms with van der Waals surface area (Å²) in [5, 5.41) is 2.89. The number of halogens is 3. The number of nitrogens with zero attached hydrogens (tertiary/aromatic N) is 2. The number of alkyl halides is 3. The highest BCUT2D eigenvalue weighted by molar-refractivity contribution is 7.98. The van der Waals surface area contributed by atoms with E-state index in [4.69, 9.17) is 0 Å². The van der Waals surface area contributed by atoms with Gasteiger partial charge in [0.1, 0.15) is 6.04 Å². The number of hydrogen-bond donors (Lipinski definition) is 1. The van der Waals surface area contributed by atoms with Gasteiger partial charge in [-0.15, -0.1) is 0 Å². The summed E-state index contributed by atoms with van der Waals surface area (Å²) >= 11 is 1.72. The molecule has 0 aliphatic carbocycles. The summed E-state index contributed by atoms with van der Waals surface area (Å²) in [7, 11) is 0. The third kappa shape index (κ3) is 5.94. The molecule has 2 atom stereocenters. The largest absolute Gasteiger partial charge is 0.403 e. The maximum Gasteiger partial charge on any atom is 0.403 e. The molecule has 0 aromatic heterocycles. The van der Waals surface area contributed by atoms with Gasteiger partial charge in [0, 0.05) is 32.2 Å². The van der Waals surface area contributed by atoms with Gasteiger partial charge in [-0.05, 0) is 32.3 Å². The molecule has 4 nitrogen and oxygen atoms in total. The van der Waals surface area contributed by atoms with E-state index in [0.717, 1.165) is 12.2 Å². The predicted molar refractivity (Wildman–Crippen MR) is 79.7 cm³/mol. The summed E-state index contributed by atoms with van der Waals surface area (Å²) in [4.78, 5) is 15.0. The van der Waals surface area contributed by atoms with E-state index in [1.165, 1.54) is 11.8 Å². The zero-order valence-electron chi connectivity index (χ0n) is 12.7. The maximum atomic E-state index is 12.6. The van der Waals surface area contributed by atoms with E-state index in [0.29, 0.717) is 13.1 Å². The fraction of sp³-hybridized carbons (Fsp3) is 0.923. The Morgan fingerprint density at radius 3 is 2.29 bits per heavy atom. The van der Waals surface area contributed by atoms with Crippen molar-refractivity contribution in [2.24, 2.45) is 0 Å². The van der Waals surface area contributed by atoms with Crippen LogP contribution in [0.25, 0.3) is 0 Å². The van der Waals surface area contributed by atoms with Crippen molar-refractivity contribution in [3.8, 4) is 0 Å². The molecule has 0 unspecified atom stereocenters. The van der Waals surface area contributed by atoms with Gasteiger partial charge in [0.2, 0.25) is 0 Å². The summed E-state index contributed by atoms with van der Waals surface area (Å²) < 4.78 is 37.9. The number of urea groups is 1. The van der Waals surface area contributed by atoms with Crippen LogP contribution in [0.3, 0.4) is 0 Å². The Bertz CT molecular complexity index is 333. The highest BCUT2D eigenvalue weighted by Crippen LogP contribution is 2.25. The molecular formula is C13H24F3N3OS. The first-order chi connectivity index (χ1) is 9.75. The normalized spacial score (nSPS) is 20.2. The molecule has 21 heavy (non-hydrogen) atoms. The van der Waals surface area contributed by atoms with Crippen LogP contribution in [-0.2, 0) is 0 Å². The monoisotopic (exact) mass is 327 g/mol. The van der Waals surface area contributed by atoms with Crippen LogP contribution in [0.1, 0.15) is 20.3 Å². The third-order valence-electron chi connectivity index (χ3n) is 3.75. The molecule has 0 saturated carbocycles. The average molecular weight is 327 g/mol. The molecule has 1 rings (SSSR count). The van der Waals surface area contributed by atoms with E-state index in [1.54, 1.807) is 16.7 Å². The van der Waals surface area contributed by atoms with Gasteiger partial charge in [-0.3, -0.25) is 4.90 Å². The predicted octanol–water partition coefficient (Wildman–Crippen LogP) is 2.41. The average Bonchev–Trinajstić information content (AvgIpc) is 2.43. The smallest absolute Gasteiger partial charge is 0.336 e. The van der Waals surface area contributed by atoms with E-state index in [2.05, 4.69) is 5.32 Å². The molecule has 0 spiro atoms. The number of hydrogen-bond acceptors (Lipinski definition) is 3. The minimum atomic E-state index is -4.21. The SMILES string of the molecule is CSCC[C@@H](C)NC(=O)N1CCN([C@@H](C)C(F)(F)F)CC1. The van der Waals surface area contributed by atoms with Gasteiger partial charge >= 0.3 is 12.2 Å². The Morgan fingerprint density at radius 1 is 1.24 bits per heavy atom. The van der Waals surface area contributed by atoms with Crippen molar-refractivity contribution < 1.29 is 18.0 Å². The van der Waals surface area contributed by atoms with Gasteiger partial charge in [-0.25, -0.2) is 4.79 Å². The van der Waals surface area contributed by atoms with Crippen LogP contribution in [-0.4, -0.2) is 72.3 Å². The van der Waals surface area contributed by atoms with Crippen molar-refractivity contribution in [3.63, 3.8) is 0 Å². The van der Waals surface area contributed by atoms with Gasteiger partial charge in [-0.1, -0.05) is 0 Å². The highest BCUT2D eigenvalue weighted by Gasteiger charge is 2.41. The quantitative estimate of drug-likeness (QED) is 0.842. The van der Waals surface area contributed by atoms with E-state index < -0.39 is 12.2 Å². The Hall–Kier alpha value is -0.630. The molecule has 1 N–H and O–H groups in total. The Balaban J connectivity index is 2.37. The molecule has 1 fully saturated rings. The van der Waals surface area contributed by atoms with Crippen molar-refractivity contribution >= 4 is 17.8 Å². The number of carbonyl (C=O) groups is 1. The molecule has 2 amide bonds. The third-order valence-corrected chi connectivity index (χ3v) is 4.39. The van der Waals surface area contributed by atoms with Crippen LogP contribution in [0, 0.1) is 0 Å². The molecule has 0 radical (unpaired) electrons. The lowest BCUT2D eigenvalue weighted by Crippen LogP contribution is -2.57. The molecule has 124 valence electrons. The number of carbonyl (C=O) groups excluding carboxylic acids is 1. The summed E-state index contributed by atoms with van der Waals surface area (Å²) in [5.74, 6) is 0.971. The number of thioether (sulfide) groups is 1. The number of nitrogens with one attached hydrogen (secondary N) is 1.